The molecule has 0 amide bonds. The second kappa shape index (κ2) is 6.15. The van der Waals surface area contributed by atoms with Crippen LogP contribution in [0.15, 0.2) is 5.38 Å². The van der Waals surface area contributed by atoms with Crippen LogP contribution in [0.3, 0.4) is 0 Å². The molecule has 3 rings (SSSR count). The van der Waals surface area contributed by atoms with E-state index in [-0.39, 0.29) is 5.97 Å². The van der Waals surface area contributed by atoms with Crippen LogP contribution >= 0.6 is 22.9 Å². The summed E-state index contributed by atoms with van der Waals surface area (Å²) >= 11 is 7.62. The summed E-state index contributed by atoms with van der Waals surface area (Å²) in [5, 5.41) is 5.92. The number of thiophene rings is 1. The first kappa shape index (κ1) is 14.5. The van der Waals surface area contributed by atoms with Crippen LogP contribution in [-0.2, 0) is 4.74 Å². The summed E-state index contributed by atoms with van der Waals surface area (Å²) in [6.45, 7) is 2.10. The molecular weight excluding hydrogens is 310 g/mol. The number of nitrogens with one attached hydrogen (secondary N) is 1. The Morgan fingerprint density at radius 1 is 1.48 bits per heavy atom. The van der Waals surface area contributed by atoms with Gasteiger partial charge in [0.2, 0.25) is 5.95 Å². The van der Waals surface area contributed by atoms with Gasteiger partial charge in [0, 0.05) is 11.4 Å². The van der Waals surface area contributed by atoms with Gasteiger partial charge in [0.25, 0.3) is 0 Å². The van der Waals surface area contributed by atoms with Crippen molar-refractivity contribution in [3.63, 3.8) is 0 Å². The monoisotopic (exact) mass is 325 g/mol. The third kappa shape index (κ3) is 2.96. The highest BCUT2D eigenvalue weighted by Gasteiger charge is 2.20. The molecular formula is C14H16ClN3O2S. The number of rotatable bonds is 4. The molecule has 0 bridgehead atoms. The average molecular weight is 326 g/mol. The Hall–Kier alpha value is -1.40. The molecule has 1 aliphatic carbocycles. The van der Waals surface area contributed by atoms with Crippen LogP contribution in [0.25, 0.3) is 10.2 Å². The van der Waals surface area contributed by atoms with Gasteiger partial charge < -0.3 is 10.1 Å². The lowest BCUT2D eigenvalue weighted by Gasteiger charge is -2.11. The molecule has 1 aliphatic rings. The number of aromatic nitrogens is 2. The van der Waals surface area contributed by atoms with E-state index >= 15 is 0 Å². The molecule has 7 heteroatoms. The predicted octanol–water partition coefficient (Wildman–Crippen LogP) is 3.88. The smallest absolute Gasteiger partial charge is 0.339 e. The number of anilines is 1. The Bertz CT molecular complexity index is 668. The minimum absolute atomic E-state index is 0.296. The minimum Gasteiger partial charge on any atom is -0.462 e. The van der Waals surface area contributed by atoms with Crippen molar-refractivity contribution in [1.82, 2.24) is 9.97 Å². The number of esters is 1. The fourth-order valence-electron chi connectivity index (χ4n) is 2.58. The zero-order valence-electron chi connectivity index (χ0n) is 11.7. The van der Waals surface area contributed by atoms with Gasteiger partial charge >= 0.3 is 5.97 Å². The highest BCUT2D eigenvalue weighted by atomic mass is 35.5. The van der Waals surface area contributed by atoms with Crippen LogP contribution in [0.2, 0.25) is 5.15 Å². The highest BCUT2D eigenvalue weighted by molar-refractivity contribution is 7.17. The molecule has 0 unspecified atom stereocenters. The fraction of sp³-hybridized carbons (Fsp3) is 0.500. The maximum Gasteiger partial charge on any atom is 0.339 e. The van der Waals surface area contributed by atoms with Crippen molar-refractivity contribution in [3.05, 3.63) is 16.1 Å². The Morgan fingerprint density at radius 3 is 2.95 bits per heavy atom. The summed E-state index contributed by atoms with van der Waals surface area (Å²) in [5.41, 5.74) is 0.439. The summed E-state index contributed by atoms with van der Waals surface area (Å²) in [5.74, 6) is 0.155. The number of carbonyl (C=O) groups is 1. The van der Waals surface area contributed by atoms with Gasteiger partial charge in [-0.2, -0.15) is 0 Å². The number of halogens is 1. The summed E-state index contributed by atoms with van der Waals surface area (Å²) in [6.07, 6.45) is 4.74. The summed E-state index contributed by atoms with van der Waals surface area (Å²) in [4.78, 5) is 21.3. The first-order valence-electron chi connectivity index (χ1n) is 7.07. The number of hydrogen-bond donors (Lipinski definition) is 1. The van der Waals surface area contributed by atoms with E-state index in [1.165, 1.54) is 24.2 Å². The van der Waals surface area contributed by atoms with Gasteiger partial charge in [-0.05, 0) is 19.8 Å². The standard InChI is InChI=1S/C14H16ClN3O2S/c1-2-20-13(19)9-7-21-12-10(9)11(15)17-14(18-12)16-8-5-3-4-6-8/h7-8H,2-6H2,1H3,(H,16,17,18). The molecule has 0 spiro atoms. The maximum absolute atomic E-state index is 11.9. The van der Waals surface area contributed by atoms with Gasteiger partial charge in [0.1, 0.15) is 9.98 Å². The van der Waals surface area contributed by atoms with Crippen molar-refractivity contribution in [1.29, 1.82) is 0 Å². The van der Waals surface area contributed by atoms with Crippen LogP contribution in [0.4, 0.5) is 5.95 Å². The number of fused-ring (bicyclic) bond motifs is 1. The van der Waals surface area contributed by atoms with Gasteiger partial charge in [0.05, 0.1) is 17.6 Å². The molecule has 0 aromatic carbocycles. The molecule has 5 nitrogen and oxygen atoms in total. The zero-order valence-corrected chi connectivity index (χ0v) is 13.3. The highest BCUT2D eigenvalue weighted by Crippen LogP contribution is 2.32. The van der Waals surface area contributed by atoms with Crippen LogP contribution in [-0.4, -0.2) is 28.6 Å². The van der Waals surface area contributed by atoms with E-state index in [1.807, 2.05) is 0 Å². The Balaban J connectivity index is 1.92. The molecule has 0 aliphatic heterocycles. The normalized spacial score (nSPS) is 15.5. The number of carbonyl (C=O) groups excluding carboxylic acids is 1. The van der Waals surface area contributed by atoms with Crippen molar-refractivity contribution in [3.8, 4) is 0 Å². The lowest BCUT2D eigenvalue weighted by Crippen LogP contribution is -2.16. The van der Waals surface area contributed by atoms with Crippen molar-refractivity contribution < 1.29 is 9.53 Å². The SMILES string of the molecule is CCOC(=O)c1csc2nc(NC3CCCC3)nc(Cl)c12. The molecule has 2 aromatic heterocycles. The summed E-state index contributed by atoms with van der Waals surface area (Å²) in [7, 11) is 0. The zero-order chi connectivity index (χ0) is 14.8. The molecule has 0 atom stereocenters. The van der Waals surface area contributed by atoms with Gasteiger partial charge in [-0.3, -0.25) is 0 Å². The second-order valence-electron chi connectivity index (χ2n) is 5.01. The van der Waals surface area contributed by atoms with Gasteiger partial charge in [-0.15, -0.1) is 11.3 Å². The second-order valence-corrected chi connectivity index (χ2v) is 6.23. The van der Waals surface area contributed by atoms with Crippen molar-refractivity contribution >= 4 is 45.1 Å². The van der Waals surface area contributed by atoms with Crippen LogP contribution < -0.4 is 5.32 Å². The number of ether oxygens (including phenoxy) is 1. The first-order valence-corrected chi connectivity index (χ1v) is 8.33. The van der Waals surface area contributed by atoms with Gasteiger partial charge in [-0.25, -0.2) is 14.8 Å². The molecule has 1 N–H and O–H groups in total. The molecule has 1 saturated carbocycles. The van der Waals surface area contributed by atoms with Crippen LogP contribution in [0.1, 0.15) is 43.0 Å². The summed E-state index contributed by atoms with van der Waals surface area (Å²) in [6, 6.07) is 0.419. The maximum atomic E-state index is 11.9. The predicted molar refractivity (Wildman–Crippen MR) is 84.3 cm³/mol. The molecule has 0 radical (unpaired) electrons. The minimum atomic E-state index is -0.384. The van der Waals surface area contributed by atoms with Gasteiger partial charge in [0.15, 0.2) is 0 Å². The number of hydrogen-bond acceptors (Lipinski definition) is 6. The lowest BCUT2D eigenvalue weighted by molar-refractivity contribution is 0.0529. The van der Waals surface area contributed by atoms with E-state index in [4.69, 9.17) is 16.3 Å². The third-order valence-corrected chi connectivity index (χ3v) is 4.72. The molecule has 21 heavy (non-hydrogen) atoms. The molecule has 2 aromatic rings. The Morgan fingerprint density at radius 2 is 2.24 bits per heavy atom. The van der Waals surface area contributed by atoms with Crippen LogP contribution in [0.5, 0.6) is 0 Å². The first-order chi connectivity index (χ1) is 10.2. The van der Waals surface area contributed by atoms with Crippen molar-refractivity contribution in [2.24, 2.45) is 0 Å². The van der Waals surface area contributed by atoms with E-state index in [2.05, 4.69) is 15.3 Å². The number of nitrogens with zero attached hydrogens (tertiary/aromatic N) is 2. The van der Waals surface area contributed by atoms with E-state index in [0.29, 0.717) is 39.5 Å². The van der Waals surface area contributed by atoms with E-state index in [1.54, 1.807) is 12.3 Å². The lowest BCUT2D eigenvalue weighted by atomic mass is 10.2. The quantitative estimate of drug-likeness (QED) is 0.682. The van der Waals surface area contributed by atoms with Crippen LogP contribution in [0, 0.1) is 0 Å². The average Bonchev–Trinajstić information content (AvgIpc) is 3.08. The molecule has 0 saturated heterocycles. The molecule has 112 valence electrons. The largest absolute Gasteiger partial charge is 0.462 e. The van der Waals surface area contributed by atoms with Crippen molar-refractivity contribution in [2.75, 3.05) is 11.9 Å². The summed E-state index contributed by atoms with van der Waals surface area (Å²) < 4.78 is 5.03. The van der Waals surface area contributed by atoms with E-state index in [9.17, 15) is 4.79 Å². The van der Waals surface area contributed by atoms with E-state index in [0.717, 1.165) is 12.8 Å². The third-order valence-electron chi connectivity index (χ3n) is 3.57. The van der Waals surface area contributed by atoms with E-state index < -0.39 is 0 Å². The Labute approximate surface area is 131 Å². The van der Waals surface area contributed by atoms with Gasteiger partial charge in [-0.1, -0.05) is 24.4 Å². The molecule has 2 heterocycles. The topological polar surface area (TPSA) is 64.1 Å². The Kier molecular flexibility index (Phi) is 4.26. The molecule has 1 fully saturated rings. The van der Waals surface area contributed by atoms with Crippen molar-refractivity contribution in [2.45, 2.75) is 38.6 Å². The fourth-order valence-corrected chi connectivity index (χ4v) is 3.81.